The fourth-order valence-corrected chi connectivity index (χ4v) is 2.69. The molecule has 1 aromatic heterocycles. The van der Waals surface area contributed by atoms with Gasteiger partial charge in [-0.05, 0) is 24.3 Å². The largest absolute Gasteiger partial charge is 0.465 e. The third-order valence-electron chi connectivity index (χ3n) is 2.77. The van der Waals surface area contributed by atoms with Crippen molar-refractivity contribution >= 4 is 22.8 Å². The van der Waals surface area contributed by atoms with Crippen molar-refractivity contribution in [3.05, 3.63) is 60.1 Å². The lowest BCUT2D eigenvalue weighted by molar-refractivity contribution is -0.116. The summed E-state index contributed by atoms with van der Waals surface area (Å²) in [7, 11) is -1.18. The highest BCUT2D eigenvalue weighted by atomic mass is 32.2. The van der Waals surface area contributed by atoms with Gasteiger partial charge in [0.25, 0.3) is 5.91 Å². The molecular weight excluding hydrogens is 300 g/mol. The van der Waals surface area contributed by atoms with E-state index in [0.717, 1.165) is 0 Å². The quantitative estimate of drug-likeness (QED) is 0.654. The molecule has 1 N–H and O–H groups in total. The highest BCUT2D eigenvalue weighted by Gasteiger charge is 2.10. The van der Waals surface area contributed by atoms with Gasteiger partial charge in [-0.3, -0.25) is 9.00 Å². The first kappa shape index (κ1) is 15.7. The SMILES string of the molecule is N#C/C(=C/c1ccco1)C(=O)NCCS(=O)c1ccccc1. The number of carbonyl (C=O) groups excluding carboxylic acids is 1. The average molecular weight is 314 g/mol. The minimum atomic E-state index is -1.18. The molecule has 22 heavy (non-hydrogen) atoms. The Hall–Kier alpha value is -2.65. The molecule has 112 valence electrons. The fourth-order valence-electron chi connectivity index (χ4n) is 1.71. The van der Waals surface area contributed by atoms with E-state index in [1.165, 1.54) is 12.3 Å². The minimum Gasteiger partial charge on any atom is -0.465 e. The van der Waals surface area contributed by atoms with E-state index >= 15 is 0 Å². The van der Waals surface area contributed by atoms with Crippen molar-refractivity contribution < 1.29 is 13.4 Å². The van der Waals surface area contributed by atoms with Gasteiger partial charge in [-0.15, -0.1) is 0 Å². The molecule has 1 unspecified atom stereocenters. The molecule has 0 aliphatic carbocycles. The Morgan fingerprint density at radius 3 is 2.68 bits per heavy atom. The predicted molar refractivity (Wildman–Crippen MR) is 83.0 cm³/mol. The van der Waals surface area contributed by atoms with Gasteiger partial charge >= 0.3 is 0 Å². The van der Waals surface area contributed by atoms with E-state index in [2.05, 4.69) is 5.32 Å². The van der Waals surface area contributed by atoms with Crippen LogP contribution < -0.4 is 5.32 Å². The summed E-state index contributed by atoms with van der Waals surface area (Å²) >= 11 is 0. The maximum absolute atomic E-state index is 12.0. The van der Waals surface area contributed by atoms with Crippen LogP contribution in [-0.4, -0.2) is 22.4 Å². The van der Waals surface area contributed by atoms with Gasteiger partial charge in [-0.25, -0.2) is 0 Å². The number of rotatable bonds is 6. The molecule has 1 atom stereocenters. The number of furan rings is 1. The molecule has 5 nitrogen and oxygen atoms in total. The molecule has 0 aliphatic rings. The van der Waals surface area contributed by atoms with Crippen LogP contribution in [0.3, 0.4) is 0 Å². The summed E-state index contributed by atoms with van der Waals surface area (Å²) in [5, 5.41) is 11.6. The molecule has 1 aromatic carbocycles. The Labute approximate surface area is 130 Å². The van der Waals surface area contributed by atoms with Gasteiger partial charge in [-0.1, -0.05) is 18.2 Å². The second kappa shape index (κ2) is 7.96. The van der Waals surface area contributed by atoms with Crippen LogP contribution >= 0.6 is 0 Å². The number of nitrogens with zero attached hydrogens (tertiary/aromatic N) is 1. The third kappa shape index (κ3) is 4.43. The Bertz CT molecular complexity index is 716. The van der Waals surface area contributed by atoms with Crippen LogP contribution in [-0.2, 0) is 15.6 Å². The first-order valence-corrected chi connectivity index (χ1v) is 7.89. The summed E-state index contributed by atoms with van der Waals surface area (Å²) in [5.41, 5.74) is -0.0551. The van der Waals surface area contributed by atoms with Crippen LogP contribution in [0.2, 0.25) is 0 Å². The van der Waals surface area contributed by atoms with E-state index in [9.17, 15) is 9.00 Å². The summed E-state index contributed by atoms with van der Waals surface area (Å²) in [4.78, 5) is 12.6. The molecular formula is C16H14N2O3S. The smallest absolute Gasteiger partial charge is 0.262 e. The van der Waals surface area contributed by atoms with E-state index in [4.69, 9.17) is 9.68 Å². The summed E-state index contributed by atoms with van der Waals surface area (Å²) in [6, 6.07) is 14.2. The summed E-state index contributed by atoms with van der Waals surface area (Å²) in [6.07, 6.45) is 2.82. The highest BCUT2D eigenvalue weighted by Crippen LogP contribution is 2.07. The Morgan fingerprint density at radius 1 is 1.27 bits per heavy atom. The molecule has 0 aliphatic heterocycles. The van der Waals surface area contributed by atoms with E-state index in [0.29, 0.717) is 10.7 Å². The van der Waals surface area contributed by atoms with Crippen molar-refractivity contribution in [2.75, 3.05) is 12.3 Å². The van der Waals surface area contributed by atoms with E-state index < -0.39 is 16.7 Å². The number of hydrogen-bond donors (Lipinski definition) is 1. The van der Waals surface area contributed by atoms with Crippen molar-refractivity contribution in [1.29, 1.82) is 5.26 Å². The van der Waals surface area contributed by atoms with Crippen LogP contribution in [0.25, 0.3) is 6.08 Å². The van der Waals surface area contributed by atoms with Gasteiger partial charge in [0.1, 0.15) is 17.4 Å². The number of benzene rings is 1. The lowest BCUT2D eigenvalue weighted by atomic mass is 10.2. The molecule has 6 heteroatoms. The molecule has 0 spiro atoms. The maximum Gasteiger partial charge on any atom is 0.262 e. The molecule has 0 fully saturated rings. The van der Waals surface area contributed by atoms with Crippen LogP contribution in [0.15, 0.2) is 63.6 Å². The standard InChI is InChI=1S/C16H14N2O3S/c17-12-13(11-14-5-4-9-21-14)16(19)18-8-10-22(20)15-6-2-1-3-7-15/h1-7,9,11H,8,10H2,(H,18,19)/b13-11-. The molecule has 1 amide bonds. The second-order valence-corrected chi connectivity index (χ2v) is 5.87. The lowest BCUT2D eigenvalue weighted by Crippen LogP contribution is -2.28. The van der Waals surface area contributed by atoms with Gasteiger partial charge in [0, 0.05) is 23.3 Å². The normalized spacial score (nSPS) is 12.4. The van der Waals surface area contributed by atoms with E-state index in [1.54, 1.807) is 24.3 Å². The van der Waals surface area contributed by atoms with Crippen molar-refractivity contribution in [3.63, 3.8) is 0 Å². The molecule has 1 heterocycles. The van der Waals surface area contributed by atoms with E-state index in [-0.39, 0.29) is 17.9 Å². The molecule has 0 radical (unpaired) electrons. The van der Waals surface area contributed by atoms with Crippen molar-refractivity contribution in [3.8, 4) is 6.07 Å². The van der Waals surface area contributed by atoms with Crippen LogP contribution in [0.5, 0.6) is 0 Å². The minimum absolute atomic E-state index is 0.0551. The van der Waals surface area contributed by atoms with Crippen LogP contribution in [0.4, 0.5) is 0 Å². The number of nitriles is 1. The molecule has 2 aromatic rings. The molecule has 2 rings (SSSR count). The zero-order chi connectivity index (χ0) is 15.8. The molecule has 0 saturated heterocycles. The fraction of sp³-hybridized carbons (Fsp3) is 0.125. The van der Waals surface area contributed by atoms with Gasteiger partial charge in [0.2, 0.25) is 0 Å². The number of amides is 1. The van der Waals surface area contributed by atoms with Crippen molar-refractivity contribution in [1.82, 2.24) is 5.32 Å². The lowest BCUT2D eigenvalue weighted by Gasteiger charge is -2.04. The van der Waals surface area contributed by atoms with Crippen LogP contribution in [0, 0.1) is 11.3 Å². The monoisotopic (exact) mass is 314 g/mol. The molecule has 0 bridgehead atoms. The molecule has 0 saturated carbocycles. The van der Waals surface area contributed by atoms with Crippen LogP contribution in [0.1, 0.15) is 5.76 Å². The third-order valence-corrected chi connectivity index (χ3v) is 4.15. The maximum atomic E-state index is 12.0. The zero-order valence-corrected chi connectivity index (χ0v) is 12.5. The Morgan fingerprint density at radius 2 is 2.05 bits per heavy atom. The number of nitrogens with one attached hydrogen (secondary N) is 1. The first-order chi connectivity index (χ1) is 10.7. The second-order valence-electron chi connectivity index (χ2n) is 4.30. The first-order valence-electron chi connectivity index (χ1n) is 6.57. The average Bonchev–Trinajstić information content (AvgIpc) is 3.06. The highest BCUT2D eigenvalue weighted by molar-refractivity contribution is 7.85. The number of hydrogen-bond acceptors (Lipinski definition) is 4. The van der Waals surface area contributed by atoms with Gasteiger partial charge in [0.15, 0.2) is 0 Å². The number of carbonyl (C=O) groups is 1. The predicted octanol–water partition coefficient (Wildman–Crippen LogP) is 2.11. The summed E-state index contributed by atoms with van der Waals surface area (Å²) in [6.45, 7) is 0.220. The van der Waals surface area contributed by atoms with Crippen molar-refractivity contribution in [2.24, 2.45) is 0 Å². The topological polar surface area (TPSA) is 83.1 Å². The van der Waals surface area contributed by atoms with Gasteiger partial charge < -0.3 is 9.73 Å². The Kier molecular flexibility index (Phi) is 5.69. The zero-order valence-electron chi connectivity index (χ0n) is 11.7. The summed E-state index contributed by atoms with van der Waals surface area (Å²) in [5.74, 6) is 0.207. The Balaban J connectivity index is 1.87. The van der Waals surface area contributed by atoms with Gasteiger partial charge in [0.05, 0.1) is 17.1 Å². The van der Waals surface area contributed by atoms with Crippen molar-refractivity contribution in [2.45, 2.75) is 4.90 Å². The summed E-state index contributed by atoms with van der Waals surface area (Å²) < 4.78 is 17.0. The van der Waals surface area contributed by atoms with E-state index in [1.807, 2.05) is 24.3 Å². The van der Waals surface area contributed by atoms with Gasteiger partial charge in [-0.2, -0.15) is 5.26 Å².